The molecule has 1 unspecified atom stereocenters. The molecule has 2 rings (SSSR count). The quantitative estimate of drug-likeness (QED) is 0.409. The van der Waals surface area contributed by atoms with Gasteiger partial charge in [0.2, 0.25) is 0 Å². The molecule has 0 aliphatic rings. The Balaban J connectivity index is 2.03. The first-order chi connectivity index (χ1) is 11.8. The Morgan fingerprint density at radius 2 is 2.20 bits per heavy atom. The minimum Gasteiger partial charge on any atom is -0.493 e. The number of rotatable bonds is 7. The lowest BCUT2D eigenvalue weighted by Crippen LogP contribution is -2.11. The van der Waals surface area contributed by atoms with Gasteiger partial charge in [0, 0.05) is 0 Å². The number of methoxy groups -OCH3 is 1. The fourth-order valence-electron chi connectivity index (χ4n) is 2.19. The summed E-state index contributed by atoms with van der Waals surface area (Å²) in [5.41, 5.74) is 1.17. The number of hydrogen-bond acceptors (Lipinski definition) is 5. The maximum atomic E-state index is 13.3. The van der Waals surface area contributed by atoms with E-state index in [0.717, 1.165) is 10.2 Å². The van der Waals surface area contributed by atoms with Crippen LogP contribution in [0.2, 0.25) is 0 Å². The number of aryl methyl sites for hydroxylation is 1. The number of nitrogens with zero attached hydrogens (tertiary/aromatic N) is 2. The molecule has 136 valence electrons. The van der Waals surface area contributed by atoms with Gasteiger partial charge in [-0.25, -0.2) is 13.4 Å². The fourth-order valence-corrected chi connectivity index (χ4v) is 3.31. The molecule has 1 heterocycles. The van der Waals surface area contributed by atoms with Crippen molar-refractivity contribution >= 4 is 33.2 Å². The number of aromatic nitrogens is 2. The lowest BCUT2D eigenvalue weighted by Gasteiger charge is -2.10. The van der Waals surface area contributed by atoms with Gasteiger partial charge in [-0.05, 0) is 53.9 Å². The molecule has 7 nitrogen and oxygen atoms in total. The molecule has 0 saturated carbocycles. The largest absolute Gasteiger partial charge is 0.493 e. The van der Waals surface area contributed by atoms with Crippen molar-refractivity contribution in [3.8, 4) is 5.75 Å². The smallest absolute Gasteiger partial charge is 0.341 e. The monoisotopic (exact) mass is 434 g/mol. The zero-order valence-corrected chi connectivity index (χ0v) is 15.9. The first-order valence-corrected chi connectivity index (χ1v) is 9.06. The lowest BCUT2D eigenvalue weighted by atomic mass is 10.2. The van der Waals surface area contributed by atoms with Crippen LogP contribution in [-0.2, 0) is 22.4 Å². The van der Waals surface area contributed by atoms with Gasteiger partial charge in [0.15, 0.2) is 0 Å². The van der Waals surface area contributed by atoms with Gasteiger partial charge in [0.1, 0.15) is 17.1 Å². The van der Waals surface area contributed by atoms with Crippen LogP contribution in [0.1, 0.15) is 28.2 Å². The zero-order valence-electron chi connectivity index (χ0n) is 13.5. The Morgan fingerprint density at radius 3 is 2.84 bits per heavy atom. The van der Waals surface area contributed by atoms with Crippen molar-refractivity contribution < 1.29 is 27.4 Å². The average Bonchev–Trinajstić information content (AvgIpc) is 2.87. The summed E-state index contributed by atoms with van der Waals surface area (Å²) in [6.07, 6.45) is 0.904. The van der Waals surface area contributed by atoms with Gasteiger partial charge in [-0.3, -0.25) is 4.55 Å². The summed E-state index contributed by atoms with van der Waals surface area (Å²) in [5.74, 6) is -1.05. The molecule has 10 heteroatoms. The molecular weight excluding hydrogens is 419 g/mol. The number of halogens is 2. The minimum absolute atomic E-state index is 0.000953. The maximum Gasteiger partial charge on any atom is 0.341 e. The van der Waals surface area contributed by atoms with E-state index >= 15 is 0 Å². The number of ether oxygens (including phenoxy) is 2. The van der Waals surface area contributed by atoms with Crippen LogP contribution in [0.25, 0.3) is 0 Å². The van der Waals surface area contributed by atoms with Gasteiger partial charge >= 0.3 is 5.97 Å². The number of carbonyl (C=O) groups is 1. The molecule has 1 atom stereocenters. The van der Waals surface area contributed by atoms with E-state index in [0.29, 0.717) is 28.7 Å². The predicted octanol–water partition coefficient (Wildman–Crippen LogP) is 2.88. The fraction of sp³-hybridized carbons (Fsp3) is 0.333. The maximum absolute atomic E-state index is 13.3. The van der Waals surface area contributed by atoms with Gasteiger partial charge < -0.3 is 9.47 Å². The van der Waals surface area contributed by atoms with E-state index in [1.165, 1.54) is 19.2 Å². The molecule has 1 aromatic heterocycles. The van der Waals surface area contributed by atoms with Crippen molar-refractivity contribution in [2.75, 3.05) is 13.7 Å². The summed E-state index contributed by atoms with van der Waals surface area (Å²) < 4.78 is 45.7. The molecule has 0 saturated heterocycles. The van der Waals surface area contributed by atoms with Gasteiger partial charge in [0.25, 0.3) is 11.3 Å². The second-order valence-corrected chi connectivity index (χ2v) is 6.63. The van der Waals surface area contributed by atoms with E-state index in [9.17, 15) is 17.9 Å². The van der Waals surface area contributed by atoms with E-state index in [1.54, 1.807) is 6.92 Å². The molecule has 0 fully saturated rings. The van der Waals surface area contributed by atoms with E-state index in [4.69, 9.17) is 4.74 Å². The van der Waals surface area contributed by atoms with Crippen LogP contribution in [0.5, 0.6) is 5.75 Å². The third-order valence-electron chi connectivity index (χ3n) is 3.35. The molecule has 0 aliphatic heterocycles. The number of benzene rings is 1. The Labute approximate surface area is 154 Å². The SMILES string of the molecule is COC(=O)c1cc(F)ccc1OCCCc1c(Br)c(C)nn1S(=O)O. The molecule has 1 aromatic carbocycles. The summed E-state index contributed by atoms with van der Waals surface area (Å²) in [6.45, 7) is 1.93. The molecule has 1 N–H and O–H groups in total. The summed E-state index contributed by atoms with van der Waals surface area (Å²) in [5, 5.41) is 3.98. The molecule has 2 aromatic rings. The van der Waals surface area contributed by atoms with Crippen LogP contribution in [-0.4, -0.2) is 37.6 Å². The van der Waals surface area contributed by atoms with Crippen molar-refractivity contribution in [3.63, 3.8) is 0 Å². The summed E-state index contributed by atoms with van der Waals surface area (Å²) in [6, 6.07) is 3.59. The van der Waals surface area contributed by atoms with E-state index < -0.39 is 23.1 Å². The van der Waals surface area contributed by atoms with Gasteiger partial charge in [-0.1, -0.05) is 0 Å². The molecule has 0 aliphatic carbocycles. The lowest BCUT2D eigenvalue weighted by molar-refractivity contribution is 0.0595. The molecule has 25 heavy (non-hydrogen) atoms. The summed E-state index contributed by atoms with van der Waals surface area (Å²) in [4.78, 5) is 11.7. The van der Waals surface area contributed by atoms with Crippen LogP contribution >= 0.6 is 15.9 Å². The van der Waals surface area contributed by atoms with Crippen molar-refractivity contribution in [2.24, 2.45) is 0 Å². The standard InChI is InChI=1S/C15H16BrFN2O5S/c1-9-14(16)12(19(18-9)25(21)22)4-3-7-24-13-6-5-10(17)8-11(13)15(20)23-2/h5-6,8H,3-4,7H2,1-2H3,(H,21,22). The molecule has 0 radical (unpaired) electrons. The summed E-state index contributed by atoms with van der Waals surface area (Å²) >= 11 is 1.09. The van der Waals surface area contributed by atoms with Crippen molar-refractivity contribution in [3.05, 3.63) is 45.4 Å². The van der Waals surface area contributed by atoms with E-state index in [-0.39, 0.29) is 17.9 Å². The van der Waals surface area contributed by atoms with Crippen molar-refractivity contribution in [2.45, 2.75) is 19.8 Å². The highest BCUT2D eigenvalue weighted by Gasteiger charge is 2.17. The summed E-state index contributed by atoms with van der Waals surface area (Å²) in [7, 11) is 1.20. The Bertz CT molecular complexity index is 811. The highest BCUT2D eigenvalue weighted by molar-refractivity contribution is 9.10. The second kappa shape index (κ2) is 8.54. The Hall–Kier alpha value is -1.78. The average molecular weight is 435 g/mol. The van der Waals surface area contributed by atoms with Crippen LogP contribution in [0.4, 0.5) is 4.39 Å². The highest BCUT2D eigenvalue weighted by Crippen LogP contribution is 2.24. The third-order valence-corrected chi connectivity index (χ3v) is 4.98. The number of esters is 1. The topological polar surface area (TPSA) is 90.7 Å². The van der Waals surface area contributed by atoms with Gasteiger partial charge in [-0.15, -0.1) is 0 Å². The number of carbonyl (C=O) groups excluding carboxylic acids is 1. The molecular formula is C15H16BrFN2O5S. The van der Waals surface area contributed by atoms with Crippen LogP contribution in [0.15, 0.2) is 22.7 Å². The van der Waals surface area contributed by atoms with E-state index in [1.807, 2.05) is 0 Å². The molecule has 0 bridgehead atoms. The van der Waals surface area contributed by atoms with Crippen LogP contribution in [0.3, 0.4) is 0 Å². The molecule has 0 spiro atoms. The second-order valence-electron chi connectivity index (χ2n) is 5.03. The van der Waals surface area contributed by atoms with Crippen molar-refractivity contribution in [1.82, 2.24) is 9.19 Å². The third kappa shape index (κ3) is 4.65. The Kier molecular flexibility index (Phi) is 6.68. The Morgan fingerprint density at radius 1 is 1.48 bits per heavy atom. The minimum atomic E-state index is -2.25. The predicted molar refractivity (Wildman–Crippen MR) is 92.4 cm³/mol. The normalized spacial score (nSPS) is 12.0. The molecule has 0 amide bonds. The first kappa shape index (κ1) is 19.5. The van der Waals surface area contributed by atoms with Gasteiger partial charge in [0.05, 0.1) is 29.6 Å². The van der Waals surface area contributed by atoms with Crippen molar-refractivity contribution in [1.29, 1.82) is 0 Å². The number of hydrogen-bond donors (Lipinski definition) is 1. The first-order valence-electron chi connectivity index (χ1n) is 7.21. The van der Waals surface area contributed by atoms with Crippen LogP contribution in [0, 0.1) is 12.7 Å². The zero-order chi connectivity index (χ0) is 18.6. The van der Waals surface area contributed by atoms with Crippen LogP contribution < -0.4 is 4.74 Å². The van der Waals surface area contributed by atoms with E-state index in [2.05, 4.69) is 25.8 Å². The highest BCUT2D eigenvalue weighted by atomic mass is 79.9. The van der Waals surface area contributed by atoms with Gasteiger partial charge in [-0.2, -0.15) is 9.19 Å².